The van der Waals surface area contributed by atoms with Crippen LogP contribution in [0.2, 0.25) is 0 Å². The van der Waals surface area contributed by atoms with Gasteiger partial charge in [0.05, 0.1) is 6.92 Å². The van der Waals surface area contributed by atoms with Gasteiger partial charge in [0.1, 0.15) is 6.61 Å². The lowest BCUT2D eigenvalue weighted by Crippen LogP contribution is -2.01. The van der Waals surface area contributed by atoms with Crippen LogP contribution >= 0.6 is 0 Å². The highest BCUT2D eigenvalue weighted by molar-refractivity contribution is 5.69. The summed E-state index contributed by atoms with van der Waals surface area (Å²) in [7, 11) is 0. The Kier molecular flexibility index (Phi) is 3.20. The van der Waals surface area contributed by atoms with E-state index in [4.69, 9.17) is 4.74 Å². The Morgan fingerprint density at radius 3 is 2.58 bits per heavy atom. The molecule has 0 atom stereocenters. The summed E-state index contributed by atoms with van der Waals surface area (Å²) < 4.78 is 4.88. The monoisotopic (exact) mass is 163 g/mol. The molecule has 0 aliphatic rings. The SMILES string of the molecule is [CH2+]CC(=O)OCc1ccccc1. The van der Waals surface area contributed by atoms with Gasteiger partial charge in [0.25, 0.3) is 0 Å². The summed E-state index contributed by atoms with van der Waals surface area (Å²) in [6.45, 7) is 3.77. The highest BCUT2D eigenvalue weighted by Gasteiger charge is 2.01. The minimum Gasteiger partial charge on any atom is -0.458 e. The van der Waals surface area contributed by atoms with Crippen molar-refractivity contribution in [3.05, 3.63) is 42.8 Å². The van der Waals surface area contributed by atoms with Gasteiger partial charge in [-0.05, 0) is 5.56 Å². The molecule has 2 heteroatoms. The third kappa shape index (κ3) is 2.66. The molecule has 0 amide bonds. The molecule has 0 heterocycles. The Hall–Kier alpha value is -1.44. The van der Waals surface area contributed by atoms with Crippen LogP contribution in [-0.4, -0.2) is 5.97 Å². The van der Waals surface area contributed by atoms with Crippen LogP contribution in [0.25, 0.3) is 0 Å². The summed E-state index contributed by atoms with van der Waals surface area (Å²) in [5, 5.41) is 0. The van der Waals surface area contributed by atoms with Gasteiger partial charge in [-0.2, -0.15) is 0 Å². The van der Waals surface area contributed by atoms with Crippen LogP contribution in [0, 0.1) is 6.92 Å². The van der Waals surface area contributed by atoms with Gasteiger partial charge in [-0.3, -0.25) is 0 Å². The molecule has 1 aromatic carbocycles. The second kappa shape index (κ2) is 4.44. The van der Waals surface area contributed by atoms with Crippen molar-refractivity contribution in [3.8, 4) is 0 Å². The largest absolute Gasteiger partial charge is 0.458 e. The zero-order chi connectivity index (χ0) is 8.81. The van der Waals surface area contributed by atoms with E-state index in [1.165, 1.54) is 0 Å². The molecule has 0 N–H and O–H groups in total. The lowest BCUT2D eigenvalue weighted by Gasteiger charge is -2.00. The minimum atomic E-state index is -0.265. The van der Waals surface area contributed by atoms with E-state index in [9.17, 15) is 4.79 Å². The Morgan fingerprint density at radius 2 is 2.00 bits per heavy atom. The minimum absolute atomic E-state index is 0.187. The molecule has 0 aliphatic carbocycles. The molecule has 62 valence electrons. The van der Waals surface area contributed by atoms with E-state index in [2.05, 4.69) is 6.92 Å². The van der Waals surface area contributed by atoms with Gasteiger partial charge in [0.2, 0.25) is 0 Å². The van der Waals surface area contributed by atoms with Crippen LogP contribution in [0.3, 0.4) is 0 Å². The first-order valence-corrected chi connectivity index (χ1v) is 3.81. The van der Waals surface area contributed by atoms with Crippen molar-refractivity contribution in [3.63, 3.8) is 0 Å². The van der Waals surface area contributed by atoms with E-state index in [0.29, 0.717) is 6.61 Å². The Bertz CT molecular complexity index is 241. The highest BCUT2D eigenvalue weighted by Crippen LogP contribution is 2.00. The topological polar surface area (TPSA) is 26.3 Å². The van der Waals surface area contributed by atoms with E-state index in [0.717, 1.165) is 5.56 Å². The molecular weight excluding hydrogens is 152 g/mol. The van der Waals surface area contributed by atoms with Gasteiger partial charge >= 0.3 is 5.97 Å². The fourth-order valence-corrected chi connectivity index (χ4v) is 0.810. The van der Waals surface area contributed by atoms with Crippen molar-refractivity contribution in [2.45, 2.75) is 13.0 Å². The van der Waals surface area contributed by atoms with Gasteiger partial charge in [-0.15, -0.1) is 0 Å². The van der Waals surface area contributed by atoms with E-state index in [1.807, 2.05) is 30.3 Å². The maximum Gasteiger partial charge on any atom is 0.351 e. The fourth-order valence-electron chi connectivity index (χ4n) is 0.810. The lowest BCUT2D eigenvalue weighted by molar-refractivity contribution is -0.143. The molecule has 12 heavy (non-hydrogen) atoms. The quantitative estimate of drug-likeness (QED) is 0.503. The summed E-state index contributed by atoms with van der Waals surface area (Å²) in [6, 6.07) is 9.57. The first kappa shape index (κ1) is 8.65. The van der Waals surface area contributed by atoms with Crippen LogP contribution in [-0.2, 0) is 16.1 Å². The van der Waals surface area contributed by atoms with E-state index >= 15 is 0 Å². The third-order valence-electron chi connectivity index (χ3n) is 1.45. The Balaban J connectivity index is 2.38. The van der Waals surface area contributed by atoms with Crippen molar-refractivity contribution >= 4 is 5.97 Å². The van der Waals surface area contributed by atoms with Gasteiger partial charge in [0, 0.05) is 0 Å². The second-order valence-electron chi connectivity index (χ2n) is 2.40. The molecular formula is C10H11O2+. The first-order chi connectivity index (χ1) is 5.83. The standard InChI is InChI=1S/C10H11O2/c1-2-10(11)12-8-9-6-4-3-5-7-9/h3-7H,1-2,8H2/q+1. The predicted octanol–water partition coefficient (Wildman–Crippen LogP) is 1.95. The summed E-state index contributed by atoms with van der Waals surface area (Å²) in [5.74, 6) is -0.265. The zero-order valence-corrected chi connectivity index (χ0v) is 6.82. The van der Waals surface area contributed by atoms with E-state index < -0.39 is 0 Å². The summed E-state index contributed by atoms with van der Waals surface area (Å²) in [5.41, 5.74) is 0.999. The maximum atomic E-state index is 10.7. The van der Waals surface area contributed by atoms with Crippen LogP contribution in [0.15, 0.2) is 30.3 Å². The van der Waals surface area contributed by atoms with Crippen molar-refractivity contribution < 1.29 is 9.53 Å². The number of hydrogen-bond donors (Lipinski definition) is 0. The molecule has 2 nitrogen and oxygen atoms in total. The Labute approximate surface area is 72.2 Å². The molecule has 0 fully saturated rings. The fraction of sp³-hybridized carbons (Fsp3) is 0.200. The number of carbonyl (C=O) groups is 1. The predicted molar refractivity (Wildman–Crippen MR) is 46.2 cm³/mol. The summed E-state index contributed by atoms with van der Waals surface area (Å²) in [6.07, 6.45) is 0.187. The normalized spacial score (nSPS) is 9.33. The lowest BCUT2D eigenvalue weighted by atomic mass is 10.2. The van der Waals surface area contributed by atoms with Gasteiger partial charge < -0.3 is 4.74 Å². The molecule has 0 saturated heterocycles. The zero-order valence-electron chi connectivity index (χ0n) is 6.82. The van der Waals surface area contributed by atoms with Crippen molar-refractivity contribution in [2.24, 2.45) is 0 Å². The average molecular weight is 163 g/mol. The van der Waals surface area contributed by atoms with Crippen LogP contribution < -0.4 is 0 Å². The van der Waals surface area contributed by atoms with Gasteiger partial charge in [0.15, 0.2) is 6.42 Å². The smallest absolute Gasteiger partial charge is 0.351 e. The number of benzene rings is 1. The number of hydrogen-bond acceptors (Lipinski definition) is 2. The van der Waals surface area contributed by atoms with Crippen molar-refractivity contribution in [1.29, 1.82) is 0 Å². The van der Waals surface area contributed by atoms with Crippen LogP contribution in [0.1, 0.15) is 12.0 Å². The van der Waals surface area contributed by atoms with Crippen molar-refractivity contribution in [2.75, 3.05) is 0 Å². The summed E-state index contributed by atoms with van der Waals surface area (Å²) >= 11 is 0. The molecule has 0 aromatic heterocycles. The van der Waals surface area contributed by atoms with Crippen molar-refractivity contribution in [1.82, 2.24) is 0 Å². The van der Waals surface area contributed by atoms with Crippen LogP contribution in [0.4, 0.5) is 0 Å². The molecule has 0 saturated carbocycles. The molecule has 0 spiro atoms. The average Bonchev–Trinajstić information content (AvgIpc) is 2.16. The molecule has 0 unspecified atom stereocenters. The molecule has 1 aromatic rings. The number of esters is 1. The van der Waals surface area contributed by atoms with Crippen LogP contribution in [0.5, 0.6) is 0 Å². The molecule has 1 rings (SSSR count). The summed E-state index contributed by atoms with van der Waals surface area (Å²) in [4.78, 5) is 10.7. The first-order valence-electron chi connectivity index (χ1n) is 3.81. The second-order valence-corrected chi connectivity index (χ2v) is 2.40. The number of carbonyl (C=O) groups excluding carboxylic acids is 1. The number of ether oxygens (including phenoxy) is 1. The van der Waals surface area contributed by atoms with E-state index in [1.54, 1.807) is 0 Å². The Morgan fingerprint density at radius 1 is 1.33 bits per heavy atom. The van der Waals surface area contributed by atoms with Gasteiger partial charge in [-0.25, -0.2) is 4.79 Å². The third-order valence-corrected chi connectivity index (χ3v) is 1.45. The molecule has 0 bridgehead atoms. The van der Waals surface area contributed by atoms with E-state index in [-0.39, 0.29) is 12.4 Å². The highest BCUT2D eigenvalue weighted by atomic mass is 16.5. The number of rotatable bonds is 3. The van der Waals surface area contributed by atoms with Gasteiger partial charge in [-0.1, -0.05) is 30.3 Å². The molecule has 0 aliphatic heterocycles. The maximum absolute atomic E-state index is 10.7. The molecule has 0 radical (unpaired) electrons.